The van der Waals surface area contributed by atoms with Crippen molar-refractivity contribution < 1.29 is 4.79 Å². The SMILES string of the molecule is N#CC(Cc1ccc2[nH]ncc2c1)C12CCC(C1)NC2C(N)=O. The lowest BCUT2D eigenvalue weighted by molar-refractivity contribution is -0.123. The Hall–Kier alpha value is -2.39. The second kappa shape index (κ2) is 5.07. The second-order valence-corrected chi connectivity index (χ2v) is 6.85. The number of aromatic amines is 1. The number of aromatic nitrogens is 2. The van der Waals surface area contributed by atoms with Crippen LogP contribution in [-0.2, 0) is 11.2 Å². The average Bonchev–Trinajstić information content (AvgIpc) is 3.25. The number of amides is 1. The zero-order valence-electron chi connectivity index (χ0n) is 12.7. The van der Waals surface area contributed by atoms with Crippen LogP contribution in [0.1, 0.15) is 24.8 Å². The molecule has 1 saturated carbocycles. The smallest absolute Gasteiger partial charge is 0.235 e. The number of piperidine rings is 1. The number of H-pyrrole nitrogens is 1. The lowest BCUT2D eigenvalue weighted by Gasteiger charge is -2.37. The van der Waals surface area contributed by atoms with Crippen molar-refractivity contribution in [2.24, 2.45) is 17.1 Å². The first-order chi connectivity index (χ1) is 11.1. The number of hydrogen-bond acceptors (Lipinski definition) is 4. The molecule has 2 aromatic rings. The normalized spacial score (nSPS) is 30.4. The summed E-state index contributed by atoms with van der Waals surface area (Å²) in [6, 6.07) is 8.47. The number of carbonyl (C=O) groups excluding carboxylic acids is 1. The van der Waals surface area contributed by atoms with E-state index in [1.807, 2.05) is 12.1 Å². The molecule has 23 heavy (non-hydrogen) atoms. The summed E-state index contributed by atoms with van der Waals surface area (Å²) in [5.41, 5.74) is 7.35. The van der Waals surface area contributed by atoms with Gasteiger partial charge in [0, 0.05) is 16.8 Å². The summed E-state index contributed by atoms with van der Waals surface area (Å²) < 4.78 is 0. The van der Waals surface area contributed by atoms with Crippen LogP contribution in [0.3, 0.4) is 0 Å². The maximum atomic E-state index is 11.8. The molecule has 4 atom stereocenters. The Morgan fingerprint density at radius 3 is 3.17 bits per heavy atom. The first-order valence-electron chi connectivity index (χ1n) is 7.99. The Balaban J connectivity index is 1.65. The number of primary amides is 1. The number of benzene rings is 1. The Bertz CT molecular complexity index is 807. The lowest BCUT2D eigenvalue weighted by atomic mass is 9.68. The van der Waals surface area contributed by atoms with Gasteiger partial charge < -0.3 is 11.1 Å². The first kappa shape index (κ1) is 14.2. The molecule has 2 fully saturated rings. The van der Waals surface area contributed by atoms with Gasteiger partial charge in [0.1, 0.15) is 0 Å². The van der Waals surface area contributed by atoms with Crippen molar-refractivity contribution in [1.29, 1.82) is 5.26 Å². The highest BCUT2D eigenvalue weighted by Crippen LogP contribution is 2.52. The highest BCUT2D eigenvalue weighted by atomic mass is 16.1. The van der Waals surface area contributed by atoms with Gasteiger partial charge in [0.15, 0.2) is 0 Å². The topological polar surface area (TPSA) is 108 Å². The van der Waals surface area contributed by atoms with Gasteiger partial charge in [0.2, 0.25) is 5.91 Å². The van der Waals surface area contributed by atoms with Crippen molar-refractivity contribution in [2.45, 2.75) is 37.8 Å². The van der Waals surface area contributed by atoms with E-state index >= 15 is 0 Å². The van der Waals surface area contributed by atoms with E-state index in [0.717, 1.165) is 35.7 Å². The fourth-order valence-corrected chi connectivity index (χ4v) is 4.53. The number of nitrogens with one attached hydrogen (secondary N) is 2. The molecule has 118 valence electrons. The van der Waals surface area contributed by atoms with Crippen LogP contribution in [0.4, 0.5) is 0 Å². The molecule has 1 aromatic carbocycles. The van der Waals surface area contributed by atoms with Crippen LogP contribution in [0.2, 0.25) is 0 Å². The van der Waals surface area contributed by atoms with Crippen LogP contribution in [0, 0.1) is 22.7 Å². The predicted octanol–water partition coefficient (Wildman–Crippen LogP) is 1.24. The molecule has 6 nitrogen and oxygen atoms in total. The van der Waals surface area contributed by atoms with E-state index in [2.05, 4.69) is 27.6 Å². The van der Waals surface area contributed by atoms with Crippen LogP contribution in [0.25, 0.3) is 10.9 Å². The fraction of sp³-hybridized carbons (Fsp3) is 0.471. The lowest BCUT2D eigenvalue weighted by Crippen LogP contribution is -2.53. The predicted molar refractivity (Wildman–Crippen MR) is 85.1 cm³/mol. The number of nitrogens with zero attached hydrogens (tertiary/aromatic N) is 2. The summed E-state index contributed by atoms with van der Waals surface area (Å²) in [4.78, 5) is 11.8. The number of nitrogens with two attached hydrogens (primary N) is 1. The van der Waals surface area contributed by atoms with E-state index in [-0.39, 0.29) is 23.3 Å². The largest absolute Gasteiger partial charge is 0.368 e. The van der Waals surface area contributed by atoms with Crippen molar-refractivity contribution >= 4 is 16.8 Å². The van der Waals surface area contributed by atoms with E-state index in [1.54, 1.807) is 6.20 Å². The van der Waals surface area contributed by atoms with Gasteiger partial charge in [-0.25, -0.2) is 0 Å². The van der Waals surface area contributed by atoms with Gasteiger partial charge in [-0.2, -0.15) is 10.4 Å². The van der Waals surface area contributed by atoms with E-state index in [0.29, 0.717) is 12.5 Å². The van der Waals surface area contributed by atoms with Crippen molar-refractivity contribution in [3.8, 4) is 6.07 Å². The second-order valence-electron chi connectivity index (χ2n) is 6.85. The molecular weight excluding hydrogens is 290 g/mol. The summed E-state index contributed by atoms with van der Waals surface area (Å²) in [5, 5.41) is 21.1. The van der Waals surface area contributed by atoms with Crippen LogP contribution < -0.4 is 11.1 Å². The number of fused-ring (bicyclic) bond motifs is 3. The van der Waals surface area contributed by atoms with E-state index < -0.39 is 0 Å². The van der Waals surface area contributed by atoms with Gasteiger partial charge >= 0.3 is 0 Å². The van der Waals surface area contributed by atoms with Gasteiger partial charge in [-0.05, 0) is 43.4 Å². The Morgan fingerprint density at radius 1 is 1.57 bits per heavy atom. The van der Waals surface area contributed by atoms with E-state index in [1.165, 1.54) is 0 Å². The molecule has 6 heteroatoms. The standard InChI is InChI=1S/C17H19N5O/c18-8-12(6-10-1-2-14-11(5-10)9-20-22-14)17-4-3-13(7-17)21-15(17)16(19)23/h1-2,5,9,12-13,15,21H,3-4,6-7H2,(H2,19,23)(H,20,22). The van der Waals surface area contributed by atoms with Gasteiger partial charge in [-0.3, -0.25) is 9.89 Å². The highest BCUT2D eigenvalue weighted by molar-refractivity contribution is 5.82. The molecule has 4 rings (SSSR count). The van der Waals surface area contributed by atoms with Crippen molar-refractivity contribution in [2.75, 3.05) is 0 Å². The Morgan fingerprint density at radius 2 is 2.43 bits per heavy atom. The quantitative estimate of drug-likeness (QED) is 0.789. The third-order valence-corrected chi connectivity index (χ3v) is 5.64. The Labute approximate surface area is 134 Å². The van der Waals surface area contributed by atoms with Gasteiger partial charge in [-0.1, -0.05) is 6.07 Å². The first-order valence-corrected chi connectivity index (χ1v) is 7.99. The molecule has 2 bridgehead atoms. The zero-order chi connectivity index (χ0) is 16.0. The average molecular weight is 309 g/mol. The molecule has 1 amide bonds. The molecule has 2 aliphatic rings. The van der Waals surface area contributed by atoms with Crippen LogP contribution in [0.15, 0.2) is 24.4 Å². The summed E-state index contributed by atoms with van der Waals surface area (Å²) in [6.45, 7) is 0. The maximum absolute atomic E-state index is 11.8. The molecular formula is C17H19N5O. The number of rotatable bonds is 4. The number of hydrogen-bond donors (Lipinski definition) is 3. The zero-order valence-corrected chi connectivity index (χ0v) is 12.7. The van der Waals surface area contributed by atoms with E-state index in [4.69, 9.17) is 5.73 Å². The highest BCUT2D eigenvalue weighted by Gasteiger charge is 2.58. The summed E-state index contributed by atoms with van der Waals surface area (Å²) in [6.07, 6.45) is 5.20. The third-order valence-electron chi connectivity index (χ3n) is 5.64. The van der Waals surface area contributed by atoms with Gasteiger partial charge in [0.25, 0.3) is 0 Å². The molecule has 4 N–H and O–H groups in total. The third kappa shape index (κ3) is 2.12. The number of carbonyl (C=O) groups is 1. The molecule has 1 aliphatic carbocycles. The summed E-state index contributed by atoms with van der Waals surface area (Å²) in [5.74, 6) is -0.554. The molecule has 0 spiro atoms. The van der Waals surface area contributed by atoms with Crippen LogP contribution in [0.5, 0.6) is 0 Å². The minimum Gasteiger partial charge on any atom is -0.368 e. The molecule has 0 radical (unpaired) electrons. The molecule has 4 unspecified atom stereocenters. The van der Waals surface area contributed by atoms with Crippen molar-refractivity contribution in [3.05, 3.63) is 30.0 Å². The fourth-order valence-electron chi connectivity index (χ4n) is 4.53. The minimum absolute atomic E-state index is 0.218. The van der Waals surface area contributed by atoms with Crippen molar-refractivity contribution in [1.82, 2.24) is 15.5 Å². The molecule has 1 aliphatic heterocycles. The van der Waals surface area contributed by atoms with Crippen LogP contribution in [-0.4, -0.2) is 28.2 Å². The molecule has 2 heterocycles. The van der Waals surface area contributed by atoms with Gasteiger partial charge in [0.05, 0.1) is 29.7 Å². The summed E-state index contributed by atoms with van der Waals surface area (Å²) >= 11 is 0. The monoisotopic (exact) mass is 309 g/mol. The summed E-state index contributed by atoms with van der Waals surface area (Å²) in [7, 11) is 0. The van der Waals surface area contributed by atoms with E-state index in [9.17, 15) is 10.1 Å². The minimum atomic E-state index is -0.386. The molecule has 1 aromatic heterocycles. The Kier molecular flexibility index (Phi) is 3.13. The number of nitriles is 1. The molecule has 1 saturated heterocycles. The van der Waals surface area contributed by atoms with Crippen molar-refractivity contribution in [3.63, 3.8) is 0 Å². The van der Waals surface area contributed by atoms with Gasteiger partial charge in [-0.15, -0.1) is 0 Å². The maximum Gasteiger partial charge on any atom is 0.235 e. The van der Waals surface area contributed by atoms with Crippen LogP contribution >= 0.6 is 0 Å².